The van der Waals surface area contributed by atoms with E-state index in [0.717, 1.165) is 5.56 Å². The van der Waals surface area contributed by atoms with Crippen LogP contribution in [-0.4, -0.2) is 32.5 Å². The summed E-state index contributed by atoms with van der Waals surface area (Å²) in [7, 11) is 3.18. The van der Waals surface area contributed by atoms with E-state index in [4.69, 9.17) is 0 Å². The maximum atomic E-state index is 13.5. The average Bonchev–Trinajstić information content (AvgIpc) is 2.45. The lowest BCUT2D eigenvalue weighted by Crippen LogP contribution is -2.43. The van der Waals surface area contributed by atoms with Crippen molar-refractivity contribution in [2.75, 3.05) is 20.6 Å². The molecule has 0 saturated heterocycles. The first-order valence-electron chi connectivity index (χ1n) is 6.41. The van der Waals surface area contributed by atoms with E-state index in [2.05, 4.69) is 20.9 Å². The minimum absolute atomic E-state index is 0.124. The number of aryl methyl sites for hydroxylation is 1. The summed E-state index contributed by atoms with van der Waals surface area (Å²) in [6.07, 6.45) is 0. The predicted octanol–water partition coefficient (Wildman–Crippen LogP) is 1.11. The molecule has 0 heterocycles. The van der Waals surface area contributed by atoms with Crippen LogP contribution in [0, 0.1) is 12.7 Å². The molecule has 0 bridgehead atoms. The summed E-state index contributed by atoms with van der Waals surface area (Å²) in [6, 6.07) is 4.98. The van der Waals surface area contributed by atoms with Gasteiger partial charge in [-0.05, 0) is 31.0 Å². The number of guanidine groups is 1. The SMILES string of the molecule is CN=C(NCC(=O)NC)NC(C)c1ccc(C)c(F)c1. The first-order chi connectivity index (χ1) is 9.47. The van der Waals surface area contributed by atoms with Gasteiger partial charge in [0.1, 0.15) is 5.82 Å². The minimum Gasteiger partial charge on any atom is -0.358 e. The summed E-state index contributed by atoms with van der Waals surface area (Å²) in [6.45, 7) is 3.75. The normalized spacial score (nSPS) is 12.8. The molecule has 1 unspecified atom stereocenters. The van der Waals surface area contributed by atoms with Gasteiger partial charge in [0.15, 0.2) is 5.96 Å². The number of nitrogens with zero attached hydrogens (tertiary/aromatic N) is 1. The summed E-state index contributed by atoms with van der Waals surface area (Å²) in [5.74, 6) is 0.119. The van der Waals surface area contributed by atoms with Gasteiger partial charge in [-0.2, -0.15) is 0 Å². The quantitative estimate of drug-likeness (QED) is 0.572. The van der Waals surface area contributed by atoms with Gasteiger partial charge in [-0.3, -0.25) is 9.79 Å². The number of aliphatic imine (C=N–C) groups is 1. The number of amides is 1. The first-order valence-corrected chi connectivity index (χ1v) is 6.41. The van der Waals surface area contributed by atoms with Crippen molar-refractivity contribution in [1.82, 2.24) is 16.0 Å². The molecule has 3 N–H and O–H groups in total. The standard InChI is InChI=1S/C14H21FN4O/c1-9-5-6-11(7-12(9)15)10(2)19-14(17-4)18-8-13(20)16-3/h5-7,10H,8H2,1-4H3,(H,16,20)(H2,17,18,19). The molecule has 0 saturated carbocycles. The van der Waals surface area contributed by atoms with Crippen molar-refractivity contribution in [1.29, 1.82) is 0 Å². The highest BCUT2D eigenvalue weighted by atomic mass is 19.1. The molecule has 0 fully saturated rings. The molecule has 0 spiro atoms. The second-order valence-corrected chi connectivity index (χ2v) is 4.47. The van der Waals surface area contributed by atoms with Crippen molar-refractivity contribution >= 4 is 11.9 Å². The Labute approximate surface area is 118 Å². The van der Waals surface area contributed by atoms with Gasteiger partial charge >= 0.3 is 0 Å². The molecule has 20 heavy (non-hydrogen) atoms. The van der Waals surface area contributed by atoms with Gasteiger partial charge in [-0.15, -0.1) is 0 Å². The molecule has 110 valence electrons. The molecule has 0 aliphatic carbocycles. The lowest BCUT2D eigenvalue weighted by Gasteiger charge is -2.18. The Balaban J connectivity index is 2.65. The molecule has 0 aliphatic rings. The van der Waals surface area contributed by atoms with E-state index in [1.165, 1.54) is 6.07 Å². The molecule has 1 aromatic rings. The molecule has 0 aliphatic heterocycles. The number of hydrogen-bond acceptors (Lipinski definition) is 2. The largest absolute Gasteiger partial charge is 0.358 e. The maximum absolute atomic E-state index is 13.5. The monoisotopic (exact) mass is 280 g/mol. The number of carbonyl (C=O) groups is 1. The third-order valence-corrected chi connectivity index (χ3v) is 2.97. The number of benzene rings is 1. The minimum atomic E-state index is -0.232. The third kappa shape index (κ3) is 4.53. The van der Waals surface area contributed by atoms with Crippen molar-refractivity contribution in [2.45, 2.75) is 19.9 Å². The van der Waals surface area contributed by atoms with Crippen molar-refractivity contribution < 1.29 is 9.18 Å². The van der Waals surface area contributed by atoms with Gasteiger partial charge in [0.25, 0.3) is 0 Å². The highest BCUT2D eigenvalue weighted by molar-refractivity contribution is 5.86. The topological polar surface area (TPSA) is 65.5 Å². The van der Waals surface area contributed by atoms with Crippen LogP contribution in [0.5, 0.6) is 0 Å². The van der Waals surface area contributed by atoms with E-state index in [1.807, 2.05) is 13.0 Å². The fourth-order valence-corrected chi connectivity index (χ4v) is 1.61. The highest BCUT2D eigenvalue weighted by Crippen LogP contribution is 2.16. The fraction of sp³-hybridized carbons (Fsp3) is 0.429. The second kappa shape index (κ2) is 7.47. The Kier molecular flexibility index (Phi) is 5.96. The Morgan fingerprint density at radius 2 is 2.15 bits per heavy atom. The zero-order chi connectivity index (χ0) is 15.1. The summed E-state index contributed by atoms with van der Waals surface area (Å²) < 4.78 is 13.5. The van der Waals surface area contributed by atoms with Crippen LogP contribution in [0.15, 0.2) is 23.2 Å². The van der Waals surface area contributed by atoms with Crippen LogP contribution < -0.4 is 16.0 Å². The Bertz CT molecular complexity index is 502. The zero-order valence-electron chi connectivity index (χ0n) is 12.2. The number of halogens is 1. The van der Waals surface area contributed by atoms with Gasteiger partial charge in [-0.25, -0.2) is 4.39 Å². The fourth-order valence-electron chi connectivity index (χ4n) is 1.61. The molecule has 6 heteroatoms. The van der Waals surface area contributed by atoms with Crippen LogP contribution in [0.1, 0.15) is 24.1 Å². The van der Waals surface area contributed by atoms with Crippen LogP contribution in [0.25, 0.3) is 0 Å². The van der Waals surface area contributed by atoms with Crippen LogP contribution in [0.2, 0.25) is 0 Å². The number of carbonyl (C=O) groups excluding carboxylic acids is 1. The molecule has 1 aromatic carbocycles. The Morgan fingerprint density at radius 1 is 1.45 bits per heavy atom. The number of hydrogen-bond donors (Lipinski definition) is 3. The highest BCUT2D eigenvalue weighted by Gasteiger charge is 2.10. The van der Waals surface area contributed by atoms with Crippen LogP contribution in [0.4, 0.5) is 4.39 Å². The summed E-state index contributed by atoms with van der Waals surface area (Å²) in [5.41, 5.74) is 1.43. The van der Waals surface area contributed by atoms with E-state index in [0.29, 0.717) is 11.5 Å². The number of rotatable bonds is 4. The molecule has 0 radical (unpaired) electrons. The maximum Gasteiger partial charge on any atom is 0.239 e. The van der Waals surface area contributed by atoms with Crippen molar-refractivity contribution in [3.8, 4) is 0 Å². The summed E-state index contributed by atoms with van der Waals surface area (Å²) in [5, 5.41) is 8.49. The van der Waals surface area contributed by atoms with Crippen LogP contribution in [0.3, 0.4) is 0 Å². The second-order valence-electron chi connectivity index (χ2n) is 4.47. The van der Waals surface area contributed by atoms with E-state index in [1.54, 1.807) is 27.1 Å². The summed E-state index contributed by atoms with van der Waals surface area (Å²) >= 11 is 0. The van der Waals surface area contributed by atoms with E-state index >= 15 is 0 Å². The third-order valence-electron chi connectivity index (χ3n) is 2.97. The van der Waals surface area contributed by atoms with E-state index in [9.17, 15) is 9.18 Å². The van der Waals surface area contributed by atoms with Crippen molar-refractivity contribution in [2.24, 2.45) is 4.99 Å². The molecule has 5 nitrogen and oxygen atoms in total. The number of likely N-dealkylation sites (N-methyl/N-ethyl adjacent to an activating group) is 1. The van der Waals surface area contributed by atoms with Crippen LogP contribution in [-0.2, 0) is 4.79 Å². The van der Waals surface area contributed by atoms with Gasteiger partial charge in [0, 0.05) is 14.1 Å². The molecule has 1 rings (SSSR count). The smallest absolute Gasteiger partial charge is 0.239 e. The number of nitrogens with one attached hydrogen (secondary N) is 3. The average molecular weight is 280 g/mol. The molecular formula is C14H21FN4O. The van der Waals surface area contributed by atoms with Crippen molar-refractivity contribution in [3.05, 3.63) is 35.1 Å². The first kappa shape index (κ1) is 15.9. The van der Waals surface area contributed by atoms with Gasteiger partial charge in [0.2, 0.25) is 5.91 Å². The lowest BCUT2D eigenvalue weighted by molar-refractivity contribution is -0.119. The van der Waals surface area contributed by atoms with Crippen LogP contribution >= 0.6 is 0 Å². The van der Waals surface area contributed by atoms with Gasteiger partial charge in [0.05, 0.1) is 12.6 Å². The van der Waals surface area contributed by atoms with E-state index in [-0.39, 0.29) is 24.3 Å². The Morgan fingerprint density at radius 3 is 2.70 bits per heavy atom. The summed E-state index contributed by atoms with van der Waals surface area (Å²) in [4.78, 5) is 15.2. The van der Waals surface area contributed by atoms with E-state index < -0.39 is 0 Å². The molecular weight excluding hydrogens is 259 g/mol. The molecule has 1 amide bonds. The zero-order valence-corrected chi connectivity index (χ0v) is 12.2. The molecule has 0 aromatic heterocycles. The molecule has 1 atom stereocenters. The Hall–Kier alpha value is -2.11. The van der Waals surface area contributed by atoms with Gasteiger partial charge in [-0.1, -0.05) is 12.1 Å². The van der Waals surface area contributed by atoms with Gasteiger partial charge < -0.3 is 16.0 Å². The lowest BCUT2D eigenvalue weighted by atomic mass is 10.1. The van der Waals surface area contributed by atoms with Crippen molar-refractivity contribution in [3.63, 3.8) is 0 Å². The predicted molar refractivity (Wildman–Crippen MR) is 78.1 cm³/mol.